The van der Waals surface area contributed by atoms with Crippen LogP contribution in [-0.4, -0.2) is 13.0 Å². The average molecular weight is 208 g/mol. The molecule has 0 aromatic heterocycles. The molecular weight excluding hydrogens is 202 g/mol. The largest absolute Gasteiger partial charge is 0.396 e. The number of anilines is 1. The molecule has 0 atom stereocenters. The number of benzene rings is 1. The molecule has 1 aromatic carbocycles. The van der Waals surface area contributed by atoms with Gasteiger partial charge in [0.1, 0.15) is 4.90 Å². The van der Waals surface area contributed by atoms with Gasteiger partial charge in [0.25, 0.3) is 10.1 Å². The Hall–Kier alpha value is -0.780. The van der Waals surface area contributed by atoms with Crippen molar-refractivity contribution >= 4 is 27.4 Å². The smallest absolute Gasteiger partial charge is 0.296 e. The van der Waals surface area contributed by atoms with Gasteiger partial charge in [-0.3, -0.25) is 4.55 Å². The molecular formula is C6H6ClNO3S. The van der Waals surface area contributed by atoms with Crippen molar-refractivity contribution in [3.05, 3.63) is 23.2 Å². The van der Waals surface area contributed by atoms with Crippen molar-refractivity contribution < 1.29 is 13.0 Å². The highest BCUT2D eigenvalue weighted by Gasteiger charge is 2.14. The lowest BCUT2D eigenvalue weighted by atomic mass is 10.3. The van der Waals surface area contributed by atoms with Crippen LogP contribution in [0.25, 0.3) is 0 Å². The molecule has 0 aliphatic rings. The van der Waals surface area contributed by atoms with E-state index in [4.69, 9.17) is 21.9 Å². The van der Waals surface area contributed by atoms with Crippen LogP contribution < -0.4 is 5.73 Å². The quantitative estimate of drug-likeness (QED) is 0.535. The highest BCUT2D eigenvalue weighted by atomic mass is 35.5. The molecule has 0 radical (unpaired) electrons. The number of halogens is 1. The van der Waals surface area contributed by atoms with E-state index in [2.05, 4.69) is 0 Å². The predicted molar refractivity (Wildman–Crippen MR) is 45.7 cm³/mol. The maximum absolute atomic E-state index is 10.6. The standard InChI is InChI=1S/C6H6ClNO3S/c7-4-2-1-3-5(6(4)8)12(9,10)11/h1-3H,8H2,(H,9,10,11). The second-order valence-electron chi connectivity index (χ2n) is 2.13. The highest BCUT2D eigenvalue weighted by molar-refractivity contribution is 7.86. The minimum atomic E-state index is -4.27. The molecule has 0 aliphatic carbocycles. The van der Waals surface area contributed by atoms with Crippen LogP contribution in [0.5, 0.6) is 0 Å². The Balaban J connectivity index is 3.47. The Morgan fingerprint density at radius 2 is 2.00 bits per heavy atom. The van der Waals surface area contributed by atoms with Gasteiger partial charge in [0, 0.05) is 0 Å². The van der Waals surface area contributed by atoms with Crippen LogP contribution in [0, 0.1) is 0 Å². The van der Waals surface area contributed by atoms with Crippen LogP contribution in [0.3, 0.4) is 0 Å². The lowest BCUT2D eigenvalue weighted by molar-refractivity contribution is 0.483. The van der Waals surface area contributed by atoms with E-state index in [1.54, 1.807) is 0 Å². The molecule has 0 amide bonds. The molecule has 0 bridgehead atoms. The van der Waals surface area contributed by atoms with Crippen molar-refractivity contribution in [3.8, 4) is 0 Å². The molecule has 3 N–H and O–H groups in total. The van der Waals surface area contributed by atoms with Crippen LogP contribution in [0.2, 0.25) is 5.02 Å². The third-order valence-electron chi connectivity index (χ3n) is 1.29. The molecule has 66 valence electrons. The van der Waals surface area contributed by atoms with E-state index in [-0.39, 0.29) is 15.6 Å². The van der Waals surface area contributed by atoms with Crippen LogP contribution in [-0.2, 0) is 10.1 Å². The first-order chi connectivity index (χ1) is 5.43. The molecule has 0 saturated carbocycles. The Kier molecular flexibility index (Phi) is 2.27. The lowest BCUT2D eigenvalue weighted by Crippen LogP contribution is -2.02. The molecule has 0 saturated heterocycles. The fraction of sp³-hybridized carbons (Fsp3) is 0. The zero-order chi connectivity index (χ0) is 9.35. The van der Waals surface area contributed by atoms with Crippen molar-refractivity contribution in [3.63, 3.8) is 0 Å². The lowest BCUT2D eigenvalue weighted by Gasteiger charge is -2.02. The molecule has 0 fully saturated rings. The van der Waals surface area contributed by atoms with Crippen LogP contribution >= 0.6 is 11.6 Å². The number of para-hydroxylation sites is 1. The van der Waals surface area contributed by atoms with Crippen molar-refractivity contribution in [1.82, 2.24) is 0 Å². The maximum atomic E-state index is 10.6. The summed E-state index contributed by atoms with van der Waals surface area (Å²) in [5.41, 5.74) is 5.16. The van der Waals surface area contributed by atoms with E-state index in [1.165, 1.54) is 18.2 Å². The Bertz CT molecular complexity index is 401. The van der Waals surface area contributed by atoms with Gasteiger partial charge in [0.05, 0.1) is 10.7 Å². The summed E-state index contributed by atoms with van der Waals surface area (Å²) in [4.78, 5) is -0.366. The highest BCUT2D eigenvalue weighted by Crippen LogP contribution is 2.25. The van der Waals surface area contributed by atoms with Gasteiger partial charge in [-0.25, -0.2) is 0 Å². The molecule has 0 aliphatic heterocycles. The zero-order valence-corrected chi connectivity index (χ0v) is 7.43. The first-order valence-electron chi connectivity index (χ1n) is 2.94. The van der Waals surface area contributed by atoms with E-state index in [9.17, 15) is 8.42 Å². The maximum Gasteiger partial charge on any atom is 0.296 e. The third-order valence-corrected chi connectivity index (χ3v) is 2.53. The number of nitrogens with two attached hydrogens (primary N) is 1. The van der Waals surface area contributed by atoms with Crippen LogP contribution in [0.4, 0.5) is 5.69 Å². The molecule has 1 aromatic rings. The van der Waals surface area contributed by atoms with Gasteiger partial charge in [0.15, 0.2) is 0 Å². The van der Waals surface area contributed by atoms with Gasteiger partial charge in [-0.15, -0.1) is 0 Å². The second-order valence-corrected chi connectivity index (χ2v) is 3.92. The molecule has 1 rings (SSSR count). The van der Waals surface area contributed by atoms with Crippen LogP contribution in [0.1, 0.15) is 0 Å². The molecule has 0 unspecified atom stereocenters. The molecule has 0 spiro atoms. The minimum Gasteiger partial charge on any atom is -0.396 e. The van der Waals surface area contributed by atoms with Gasteiger partial charge in [-0.2, -0.15) is 8.42 Å². The van der Waals surface area contributed by atoms with Gasteiger partial charge in [-0.1, -0.05) is 17.7 Å². The van der Waals surface area contributed by atoms with Gasteiger partial charge < -0.3 is 5.73 Å². The summed E-state index contributed by atoms with van der Waals surface area (Å²) in [5, 5.41) is 0.102. The van der Waals surface area contributed by atoms with Crippen molar-refractivity contribution in [2.45, 2.75) is 4.90 Å². The SMILES string of the molecule is Nc1c(Cl)cccc1S(=O)(=O)O. The second kappa shape index (κ2) is 2.93. The van der Waals surface area contributed by atoms with Gasteiger partial charge >= 0.3 is 0 Å². The first kappa shape index (κ1) is 9.31. The van der Waals surface area contributed by atoms with Gasteiger partial charge in [0.2, 0.25) is 0 Å². The van der Waals surface area contributed by atoms with Crippen molar-refractivity contribution in [1.29, 1.82) is 0 Å². The molecule has 12 heavy (non-hydrogen) atoms. The van der Waals surface area contributed by atoms with E-state index in [0.717, 1.165) is 0 Å². The van der Waals surface area contributed by atoms with Crippen molar-refractivity contribution in [2.75, 3.05) is 5.73 Å². The molecule has 6 heteroatoms. The number of hydrogen-bond acceptors (Lipinski definition) is 3. The topological polar surface area (TPSA) is 80.4 Å². The third kappa shape index (κ3) is 1.69. The first-order valence-corrected chi connectivity index (χ1v) is 4.76. The Labute approximate surface area is 74.7 Å². The summed E-state index contributed by atoms with van der Waals surface area (Å²) >= 11 is 5.52. The summed E-state index contributed by atoms with van der Waals surface area (Å²) < 4.78 is 29.9. The van der Waals surface area contributed by atoms with E-state index < -0.39 is 10.1 Å². The molecule has 4 nitrogen and oxygen atoms in total. The summed E-state index contributed by atoms with van der Waals surface area (Å²) in [7, 11) is -4.27. The summed E-state index contributed by atoms with van der Waals surface area (Å²) in [6, 6.07) is 4.00. The number of rotatable bonds is 1. The van der Waals surface area contributed by atoms with Gasteiger partial charge in [-0.05, 0) is 12.1 Å². The van der Waals surface area contributed by atoms with Crippen molar-refractivity contribution in [2.24, 2.45) is 0 Å². The molecule has 0 heterocycles. The number of nitrogen functional groups attached to an aromatic ring is 1. The zero-order valence-electron chi connectivity index (χ0n) is 5.86. The normalized spacial score (nSPS) is 11.5. The van der Waals surface area contributed by atoms with E-state index in [1.807, 2.05) is 0 Å². The number of hydrogen-bond donors (Lipinski definition) is 2. The van der Waals surface area contributed by atoms with Crippen LogP contribution in [0.15, 0.2) is 23.1 Å². The van der Waals surface area contributed by atoms with E-state index >= 15 is 0 Å². The minimum absolute atomic E-state index is 0.102. The monoisotopic (exact) mass is 207 g/mol. The Morgan fingerprint density at radius 1 is 1.42 bits per heavy atom. The Morgan fingerprint density at radius 3 is 2.42 bits per heavy atom. The van der Waals surface area contributed by atoms with E-state index in [0.29, 0.717) is 0 Å². The fourth-order valence-electron chi connectivity index (χ4n) is 0.742. The summed E-state index contributed by atoms with van der Waals surface area (Å²) in [6.45, 7) is 0. The predicted octanol–water partition coefficient (Wildman–Crippen LogP) is 1.17. The fourth-order valence-corrected chi connectivity index (χ4v) is 1.61. The average Bonchev–Trinajstić information content (AvgIpc) is 1.92. The summed E-state index contributed by atoms with van der Waals surface area (Å²) in [6.07, 6.45) is 0. The summed E-state index contributed by atoms with van der Waals surface area (Å²) in [5.74, 6) is 0.